The van der Waals surface area contributed by atoms with Gasteiger partial charge in [0.2, 0.25) is 0 Å². The predicted octanol–water partition coefficient (Wildman–Crippen LogP) is 2.70. The fraction of sp³-hybridized carbons (Fsp3) is 1.00. The van der Waals surface area contributed by atoms with E-state index in [4.69, 9.17) is 5.73 Å². The summed E-state index contributed by atoms with van der Waals surface area (Å²) in [7, 11) is 0. The lowest BCUT2D eigenvalue weighted by molar-refractivity contribution is -0.140. The maximum absolute atomic E-state index is 11.9. The van der Waals surface area contributed by atoms with Crippen molar-refractivity contribution < 1.29 is 13.2 Å². The van der Waals surface area contributed by atoms with Crippen molar-refractivity contribution in [2.75, 3.05) is 0 Å². The molecular formula is C8H16F3N. The minimum absolute atomic E-state index is 0.00775. The van der Waals surface area contributed by atoms with E-state index in [1.807, 2.05) is 13.8 Å². The maximum Gasteiger partial charge on any atom is 0.390 e. The lowest BCUT2D eigenvalue weighted by Crippen LogP contribution is -2.34. The molecule has 2 N–H and O–H groups in total. The summed E-state index contributed by atoms with van der Waals surface area (Å²) in [6.45, 7) is 3.73. The van der Waals surface area contributed by atoms with E-state index in [0.29, 0.717) is 12.8 Å². The summed E-state index contributed by atoms with van der Waals surface area (Å²) >= 11 is 0. The first-order chi connectivity index (χ1) is 5.40. The first-order valence-corrected chi connectivity index (χ1v) is 4.23. The average Bonchev–Trinajstić information content (AvgIpc) is 1.85. The van der Waals surface area contributed by atoms with Crippen LogP contribution in [0, 0.1) is 5.92 Å². The second-order valence-electron chi connectivity index (χ2n) is 3.06. The standard InChI is InChI=1S/C8H16F3N/c1-3-6(4-2)7(12)5-8(9,10)11/h6-7H,3-5,12H2,1-2H3. The molecule has 0 spiro atoms. The number of hydrogen-bond donors (Lipinski definition) is 1. The molecule has 74 valence electrons. The Morgan fingerprint density at radius 2 is 1.58 bits per heavy atom. The van der Waals surface area contributed by atoms with Gasteiger partial charge in [0.15, 0.2) is 0 Å². The van der Waals surface area contributed by atoms with Gasteiger partial charge in [0.25, 0.3) is 0 Å². The molecule has 1 nitrogen and oxygen atoms in total. The lowest BCUT2D eigenvalue weighted by atomic mass is 9.92. The van der Waals surface area contributed by atoms with E-state index in [1.54, 1.807) is 0 Å². The summed E-state index contributed by atoms with van der Waals surface area (Å²) in [5, 5.41) is 0. The van der Waals surface area contributed by atoms with Crippen LogP contribution in [0.25, 0.3) is 0 Å². The smallest absolute Gasteiger partial charge is 0.327 e. The molecule has 0 rings (SSSR count). The third-order valence-electron chi connectivity index (χ3n) is 2.12. The van der Waals surface area contributed by atoms with Gasteiger partial charge in [-0.3, -0.25) is 0 Å². The SMILES string of the molecule is CCC(CC)C(N)CC(F)(F)F. The van der Waals surface area contributed by atoms with Gasteiger partial charge < -0.3 is 5.73 Å². The third kappa shape index (κ3) is 4.59. The molecule has 0 heterocycles. The molecule has 1 atom stereocenters. The quantitative estimate of drug-likeness (QED) is 0.712. The van der Waals surface area contributed by atoms with Gasteiger partial charge in [0.1, 0.15) is 0 Å². The van der Waals surface area contributed by atoms with E-state index in [0.717, 1.165) is 0 Å². The van der Waals surface area contributed by atoms with E-state index in [2.05, 4.69) is 0 Å². The zero-order chi connectivity index (χ0) is 9.78. The van der Waals surface area contributed by atoms with E-state index in [1.165, 1.54) is 0 Å². The number of halogens is 3. The minimum Gasteiger partial charge on any atom is -0.327 e. The highest BCUT2D eigenvalue weighted by atomic mass is 19.4. The Labute approximate surface area is 71.1 Å². The van der Waals surface area contributed by atoms with Crippen LogP contribution in [-0.4, -0.2) is 12.2 Å². The van der Waals surface area contributed by atoms with Crippen molar-refractivity contribution in [2.24, 2.45) is 11.7 Å². The number of nitrogens with two attached hydrogens (primary N) is 1. The Hall–Kier alpha value is -0.250. The molecule has 0 radical (unpaired) electrons. The van der Waals surface area contributed by atoms with Gasteiger partial charge in [-0.15, -0.1) is 0 Å². The van der Waals surface area contributed by atoms with Gasteiger partial charge >= 0.3 is 6.18 Å². The molecule has 0 aliphatic rings. The molecule has 1 unspecified atom stereocenters. The van der Waals surface area contributed by atoms with Crippen molar-refractivity contribution >= 4 is 0 Å². The van der Waals surface area contributed by atoms with E-state index in [9.17, 15) is 13.2 Å². The molecule has 0 saturated heterocycles. The fourth-order valence-corrected chi connectivity index (χ4v) is 1.33. The Bertz CT molecular complexity index is 118. The second kappa shape index (κ2) is 4.70. The summed E-state index contributed by atoms with van der Waals surface area (Å²) in [5.41, 5.74) is 5.41. The molecule has 4 heteroatoms. The Balaban J connectivity index is 3.92. The zero-order valence-corrected chi connectivity index (χ0v) is 7.49. The normalized spacial score (nSPS) is 15.2. The largest absolute Gasteiger partial charge is 0.390 e. The number of alkyl halides is 3. The van der Waals surface area contributed by atoms with Crippen LogP contribution in [0.5, 0.6) is 0 Å². The summed E-state index contributed by atoms with van der Waals surface area (Å²) in [6, 6.07) is -0.736. The Morgan fingerprint density at radius 1 is 1.17 bits per heavy atom. The third-order valence-corrected chi connectivity index (χ3v) is 2.12. The highest BCUT2D eigenvalue weighted by Gasteiger charge is 2.32. The summed E-state index contributed by atoms with van der Waals surface area (Å²) in [5.74, 6) is -0.00775. The highest BCUT2D eigenvalue weighted by molar-refractivity contribution is 4.73. The van der Waals surface area contributed by atoms with Gasteiger partial charge in [0, 0.05) is 6.04 Å². The zero-order valence-electron chi connectivity index (χ0n) is 7.49. The number of hydrogen-bond acceptors (Lipinski definition) is 1. The molecule has 0 aromatic carbocycles. The first kappa shape index (κ1) is 11.8. The summed E-state index contributed by atoms with van der Waals surface area (Å²) < 4.78 is 35.6. The predicted molar refractivity (Wildman–Crippen MR) is 42.7 cm³/mol. The van der Waals surface area contributed by atoms with Crippen LogP contribution in [-0.2, 0) is 0 Å². The summed E-state index contributed by atoms with van der Waals surface area (Å²) in [6.07, 6.45) is -3.55. The molecule has 0 aliphatic carbocycles. The van der Waals surface area contributed by atoms with Gasteiger partial charge in [-0.2, -0.15) is 13.2 Å². The Kier molecular flexibility index (Phi) is 4.60. The molecule has 0 bridgehead atoms. The monoisotopic (exact) mass is 183 g/mol. The van der Waals surface area contributed by atoms with Crippen molar-refractivity contribution in [2.45, 2.75) is 45.3 Å². The van der Waals surface area contributed by atoms with E-state index >= 15 is 0 Å². The Morgan fingerprint density at radius 3 is 1.83 bits per heavy atom. The van der Waals surface area contributed by atoms with Crippen LogP contribution in [0.2, 0.25) is 0 Å². The van der Waals surface area contributed by atoms with Crippen LogP contribution >= 0.6 is 0 Å². The highest BCUT2D eigenvalue weighted by Crippen LogP contribution is 2.25. The minimum atomic E-state index is -4.12. The molecule has 0 saturated carbocycles. The van der Waals surface area contributed by atoms with Gasteiger partial charge in [-0.25, -0.2) is 0 Å². The molecular weight excluding hydrogens is 167 g/mol. The first-order valence-electron chi connectivity index (χ1n) is 4.23. The number of rotatable bonds is 4. The summed E-state index contributed by atoms with van der Waals surface area (Å²) in [4.78, 5) is 0. The van der Waals surface area contributed by atoms with Crippen LogP contribution < -0.4 is 5.73 Å². The molecule has 0 aliphatic heterocycles. The van der Waals surface area contributed by atoms with Crippen LogP contribution in [0.4, 0.5) is 13.2 Å². The van der Waals surface area contributed by atoms with E-state index < -0.39 is 18.6 Å². The van der Waals surface area contributed by atoms with Crippen molar-refractivity contribution in [3.05, 3.63) is 0 Å². The van der Waals surface area contributed by atoms with Crippen molar-refractivity contribution in [1.82, 2.24) is 0 Å². The van der Waals surface area contributed by atoms with Crippen molar-refractivity contribution in [3.8, 4) is 0 Å². The van der Waals surface area contributed by atoms with Gasteiger partial charge in [-0.05, 0) is 5.92 Å². The topological polar surface area (TPSA) is 26.0 Å². The van der Waals surface area contributed by atoms with E-state index in [-0.39, 0.29) is 5.92 Å². The fourth-order valence-electron chi connectivity index (χ4n) is 1.33. The van der Waals surface area contributed by atoms with Crippen molar-refractivity contribution in [3.63, 3.8) is 0 Å². The lowest BCUT2D eigenvalue weighted by Gasteiger charge is -2.21. The van der Waals surface area contributed by atoms with Crippen molar-refractivity contribution in [1.29, 1.82) is 0 Å². The molecule has 0 aromatic rings. The molecule has 0 aromatic heterocycles. The van der Waals surface area contributed by atoms with Crippen LogP contribution in [0.1, 0.15) is 33.1 Å². The maximum atomic E-state index is 11.9. The second-order valence-corrected chi connectivity index (χ2v) is 3.06. The van der Waals surface area contributed by atoms with Crippen LogP contribution in [0.3, 0.4) is 0 Å². The van der Waals surface area contributed by atoms with Gasteiger partial charge in [0.05, 0.1) is 6.42 Å². The average molecular weight is 183 g/mol. The van der Waals surface area contributed by atoms with Crippen LogP contribution in [0.15, 0.2) is 0 Å². The molecule has 0 fully saturated rings. The molecule has 0 amide bonds. The molecule has 12 heavy (non-hydrogen) atoms. The van der Waals surface area contributed by atoms with Gasteiger partial charge in [-0.1, -0.05) is 26.7 Å².